The van der Waals surface area contributed by atoms with Crippen LogP contribution in [0.1, 0.15) is 19.8 Å². The Balaban J connectivity index is 2.08. The molecule has 1 aliphatic rings. The fourth-order valence-corrected chi connectivity index (χ4v) is 1.88. The van der Waals surface area contributed by atoms with Crippen molar-refractivity contribution in [2.45, 2.75) is 19.8 Å². The van der Waals surface area contributed by atoms with Gasteiger partial charge < -0.3 is 10.2 Å². The van der Waals surface area contributed by atoms with Gasteiger partial charge in [0.2, 0.25) is 5.95 Å². The molecule has 0 radical (unpaired) electrons. The lowest BCUT2D eigenvalue weighted by atomic mass is 9.99. The highest BCUT2D eigenvalue weighted by Gasteiger charge is 2.16. The molecule has 2 heterocycles. The van der Waals surface area contributed by atoms with Gasteiger partial charge in [0.25, 0.3) is 0 Å². The Bertz CT molecular complexity index is 318. The number of rotatable bonds is 2. The fraction of sp³-hybridized carbons (Fsp3) is 0.636. The van der Waals surface area contributed by atoms with Crippen LogP contribution in [0.15, 0.2) is 12.3 Å². The van der Waals surface area contributed by atoms with Crippen molar-refractivity contribution < 1.29 is 0 Å². The Hall–Kier alpha value is -1.32. The minimum Gasteiger partial charge on any atom is -0.357 e. The maximum Gasteiger partial charge on any atom is 0.224 e. The molecule has 1 fully saturated rings. The van der Waals surface area contributed by atoms with E-state index >= 15 is 0 Å². The van der Waals surface area contributed by atoms with Gasteiger partial charge in [-0.05, 0) is 24.8 Å². The maximum atomic E-state index is 4.44. The standard InChI is InChI=1S/C11H18N4/c1-9-4-7-15(8-5-9)10-3-6-13-11(12-2)14-10/h3,6,9H,4-5,7-8H2,1-2H3,(H,12,13,14). The molecule has 2 rings (SSSR count). The van der Waals surface area contributed by atoms with E-state index in [9.17, 15) is 0 Å². The van der Waals surface area contributed by atoms with Gasteiger partial charge in [-0.2, -0.15) is 4.98 Å². The lowest BCUT2D eigenvalue weighted by molar-refractivity contribution is 0.436. The zero-order chi connectivity index (χ0) is 10.7. The summed E-state index contributed by atoms with van der Waals surface area (Å²) in [6.07, 6.45) is 4.34. The van der Waals surface area contributed by atoms with E-state index in [1.165, 1.54) is 12.8 Å². The first-order chi connectivity index (χ1) is 7.29. The predicted molar refractivity (Wildman–Crippen MR) is 62.2 cm³/mol. The smallest absolute Gasteiger partial charge is 0.224 e. The van der Waals surface area contributed by atoms with Gasteiger partial charge in [0.05, 0.1) is 0 Å². The second-order valence-corrected chi connectivity index (χ2v) is 4.16. The van der Waals surface area contributed by atoms with Crippen LogP contribution >= 0.6 is 0 Å². The van der Waals surface area contributed by atoms with E-state index in [0.717, 1.165) is 24.8 Å². The van der Waals surface area contributed by atoms with Crippen LogP contribution in [-0.4, -0.2) is 30.1 Å². The zero-order valence-electron chi connectivity index (χ0n) is 9.40. The van der Waals surface area contributed by atoms with Crippen LogP contribution in [0.4, 0.5) is 11.8 Å². The minimum absolute atomic E-state index is 0.700. The van der Waals surface area contributed by atoms with Crippen LogP contribution in [-0.2, 0) is 0 Å². The Morgan fingerprint density at radius 3 is 2.80 bits per heavy atom. The number of anilines is 2. The molecular weight excluding hydrogens is 188 g/mol. The van der Waals surface area contributed by atoms with Crippen molar-refractivity contribution in [1.82, 2.24) is 9.97 Å². The molecule has 0 saturated carbocycles. The number of aromatic nitrogens is 2. The van der Waals surface area contributed by atoms with Crippen LogP contribution in [0.2, 0.25) is 0 Å². The summed E-state index contributed by atoms with van der Waals surface area (Å²) in [7, 11) is 1.84. The molecule has 15 heavy (non-hydrogen) atoms. The first kappa shape index (κ1) is 10.2. The SMILES string of the molecule is CNc1nccc(N2CCC(C)CC2)n1. The summed E-state index contributed by atoms with van der Waals surface area (Å²) in [5.74, 6) is 2.60. The van der Waals surface area contributed by atoms with Crippen molar-refractivity contribution in [3.8, 4) is 0 Å². The average molecular weight is 206 g/mol. The van der Waals surface area contributed by atoms with Crippen LogP contribution < -0.4 is 10.2 Å². The summed E-state index contributed by atoms with van der Waals surface area (Å²) in [5.41, 5.74) is 0. The third-order valence-electron chi connectivity index (χ3n) is 2.97. The molecule has 0 atom stereocenters. The topological polar surface area (TPSA) is 41.1 Å². The third-order valence-corrected chi connectivity index (χ3v) is 2.97. The summed E-state index contributed by atoms with van der Waals surface area (Å²) in [6.45, 7) is 4.54. The lowest BCUT2D eigenvalue weighted by Crippen LogP contribution is -2.33. The predicted octanol–water partition coefficient (Wildman–Crippen LogP) is 1.75. The quantitative estimate of drug-likeness (QED) is 0.800. The monoisotopic (exact) mass is 206 g/mol. The highest BCUT2D eigenvalue weighted by atomic mass is 15.2. The van der Waals surface area contributed by atoms with E-state index in [0.29, 0.717) is 5.95 Å². The minimum atomic E-state index is 0.700. The molecule has 0 bridgehead atoms. The molecule has 0 unspecified atom stereocenters. The number of nitrogens with zero attached hydrogens (tertiary/aromatic N) is 3. The molecule has 1 aromatic rings. The first-order valence-electron chi connectivity index (χ1n) is 5.55. The Kier molecular flexibility index (Phi) is 3.04. The molecule has 1 N–H and O–H groups in total. The van der Waals surface area contributed by atoms with Crippen molar-refractivity contribution in [2.75, 3.05) is 30.4 Å². The maximum absolute atomic E-state index is 4.44. The Morgan fingerprint density at radius 2 is 2.13 bits per heavy atom. The number of piperidine rings is 1. The van der Waals surface area contributed by atoms with Gasteiger partial charge in [-0.3, -0.25) is 0 Å². The normalized spacial score (nSPS) is 17.9. The van der Waals surface area contributed by atoms with E-state index in [2.05, 4.69) is 27.1 Å². The van der Waals surface area contributed by atoms with E-state index in [1.54, 1.807) is 0 Å². The Morgan fingerprint density at radius 1 is 1.40 bits per heavy atom. The van der Waals surface area contributed by atoms with Crippen molar-refractivity contribution in [1.29, 1.82) is 0 Å². The van der Waals surface area contributed by atoms with Gasteiger partial charge in [0, 0.05) is 26.3 Å². The average Bonchev–Trinajstić information content (AvgIpc) is 2.30. The molecule has 0 spiro atoms. The van der Waals surface area contributed by atoms with Gasteiger partial charge in [-0.15, -0.1) is 0 Å². The molecule has 0 amide bonds. The van der Waals surface area contributed by atoms with E-state index in [4.69, 9.17) is 0 Å². The summed E-state index contributed by atoms with van der Waals surface area (Å²) < 4.78 is 0. The molecule has 82 valence electrons. The molecular formula is C11H18N4. The summed E-state index contributed by atoms with van der Waals surface area (Å²) >= 11 is 0. The van der Waals surface area contributed by atoms with Gasteiger partial charge in [-0.25, -0.2) is 4.98 Å². The molecule has 1 aromatic heterocycles. The number of nitrogens with one attached hydrogen (secondary N) is 1. The molecule has 4 nitrogen and oxygen atoms in total. The van der Waals surface area contributed by atoms with Crippen LogP contribution in [0, 0.1) is 5.92 Å². The van der Waals surface area contributed by atoms with Crippen molar-refractivity contribution in [3.63, 3.8) is 0 Å². The highest BCUT2D eigenvalue weighted by molar-refractivity contribution is 5.42. The molecule has 1 aliphatic heterocycles. The number of hydrogen-bond acceptors (Lipinski definition) is 4. The van der Waals surface area contributed by atoms with Gasteiger partial charge >= 0.3 is 0 Å². The van der Waals surface area contributed by atoms with Crippen LogP contribution in [0.5, 0.6) is 0 Å². The summed E-state index contributed by atoms with van der Waals surface area (Å²) in [5, 5.41) is 2.97. The van der Waals surface area contributed by atoms with E-state index in [1.807, 2.05) is 19.3 Å². The Labute approximate surface area is 90.7 Å². The lowest BCUT2D eigenvalue weighted by Gasteiger charge is -2.31. The van der Waals surface area contributed by atoms with Gasteiger partial charge in [-0.1, -0.05) is 6.92 Å². The number of hydrogen-bond donors (Lipinski definition) is 1. The third kappa shape index (κ3) is 2.37. The first-order valence-corrected chi connectivity index (χ1v) is 5.55. The van der Waals surface area contributed by atoms with E-state index < -0.39 is 0 Å². The van der Waals surface area contributed by atoms with Crippen LogP contribution in [0.25, 0.3) is 0 Å². The van der Waals surface area contributed by atoms with Gasteiger partial charge in [0.15, 0.2) is 0 Å². The van der Waals surface area contributed by atoms with Crippen molar-refractivity contribution in [2.24, 2.45) is 5.92 Å². The molecule has 0 aromatic carbocycles. The second kappa shape index (κ2) is 4.47. The molecule has 0 aliphatic carbocycles. The summed E-state index contributed by atoms with van der Waals surface area (Å²) in [4.78, 5) is 10.9. The largest absolute Gasteiger partial charge is 0.357 e. The molecule has 1 saturated heterocycles. The van der Waals surface area contributed by atoms with Crippen LogP contribution in [0.3, 0.4) is 0 Å². The second-order valence-electron chi connectivity index (χ2n) is 4.16. The summed E-state index contributed by atoms with van der Waals surface area (Å²) in [6, 6.07) is 1.98. The van der Waals surface area contributed by atoms with Gasteiger partial charge in [0.1, 0.15) is 5.82 Å². The van der Waals surface area contributed by atoms with E-state index in [-0.39, 0.29) is 0 Å². The highest BCUT2D eigenvalue weighted by Crippen LogP contribution is 2.21. The molecule has 4 heteroatoms. The van der Waals surface area contributed by atoms with Crippen molar-refractivity contribution in [3.05, 3.63) is 12.3 Å². The fourth-order valence-electron chi connectivity index (χ4n) is 1.88. The zero-order valence-corrected chi connectivity index (χ0v) is 9.40. The van der Waals surface area contributed by atoms with Crippen molar-refractivity contribution >= 4 is 11.8 Å².